The molecule has 0 aliphatic rings. The number of pyridine rings is 1. The lowest BCUT2D eigenvalue weighted by molar-refractivity contribution is 0.0686. The predicted octanol–water partition coefficient (Wildman–Crippen LogP) is 0.0926. The van der Waals surface area contributed by atoms with E-state index in [1.165, 1.54) is 19.2 Å². The van der Waals surface area contributed by atoms with Gasteiger partial charge < -0.3 is 9.84 Å². The first-order chi connectivity index (χ1) is 7.10. The van der Waals surface area contributed by atoms with Gasteiger partial charge in [0.05, 0.1) is 7.11 Å². The predicted molar refractivity (Wildman–Crippen MR) is 49.5 cm³/mol. The Bertz CT molecular complexity index is 405. The highest BCUT2D eigenvalue weighted by Gasteiger charge is 2.15. The van der Waals surface area contributed by atoms with Crippen LogP contribution in [0.1, 0.15) is 16.2 Å². The Morgan fingerprint density at radius 3 is 2.73 bits per heavy atom. The van der Waals surface area contributed by atoms with Gasteiger partial charge in [-0.15, -0.1) is 0 Å². The molecule has 1 heterocycles. The topological polar surface area (TPSA) is 116 Å². The summed E-state index contributed by atoms with van der Waals surface area (Å²) in [6.45, 7) is 0. The Hall–Kier alpha value is -2.15. The highest BCUT2D eigenvalue weighted by atomic mass is 16.5. The molecule has 0 spiro atoms. The van der Waals surface area contributed by atoms with Crippen LogP contribution in [0.25, 0.3) is 0 Å². The van der Waals surface area contributed by atoms with Crippen molar-refractivity contribution in [2.24, 2.45) is 0 Å². The number of carboxylic acids is 1. The Morgan fingerprint density at radius 1 is 1.60 bits per heavy atom. The first kappa shape index (κ1) is 10.9. The maximum Gasteiger partial charge on any atom is 0.358 e. The summed E-state index contributed by atoms with van der Waals surface area (Å²) in [5, 5.41) is 24.4. The molecule has 0 atom stereocenters. The number of hydroxylamine groups is 1. The summed E-state index contributed by atoms with van der Waals surface area (Å²) in [5.41, 5.74) is 1.27. The number of aromatic carboxylic acids is 1. The minimum absolute atomic E-state index is 0.00991. The molecule has 80 valence electrons. The molecule has 7 heteroatoms. The lowest BCUT2D eigenvalue weighted by Crippen LogP contribution is -2.21. The number of ether oxygens (including phenoxy) is 1. The minimum Gasteiger partial charge on any atom is -0.494 e. The van der Waals surface area contributed by atoms with Crippen LogP contribution in [-0.2, 0) is 0 Å². The van der Waals surface area contributed by atoms with Gasteiger partial charge in [-0.2, -0.15) is 0 Å². The van der Waals surface area contributed by atoms with E-state index in [4.69, 9.17) is 20.5 Å². The molecule has 15 heavy (non-hydrogen) atoms. The average Bonchev–Trinajstić information content (AvgIpc) is 2.27. The fourth-order valence-electron chi connectivity index (χ4n) is 0.961. The van der Waals surface area contributed by atoms with Gasteiger partial charge in [0, 0.05) is 0 Å². The second-order valence-corrected chi connectivity index (χ2v) is 2.54. The third-order valence-electron chi connectivity index (χ3n) is 1.65. The molecule has 0 fully saturated rings. The molecule has 0 aliphatic heterocycles. The first-order valence-electron chi connectivity index (χ1n) is 3.87. The summed E-state index contributed by atoms with van der Waals surface area (Å²) in [5.74, 6) is -1.56. The van der Waals surface area contributed by atoms with Crippen molar-refractivity contribution in [3.8, 4) is 5.75 Å². The van der Waals surface area contributed by atoms with E-state index in [1.807, 2.05) is 0 Å². The third-order valence-corrected chi connectivity index (χ3v) is 1.65. The first-order valence-corrected chi connectivity index (χ1v) is 3.87. The van der Waals surface area contributed by atoms with E-state index in [2.05, 4.69) is 4.98 Å². The third kappa shape index (κ3) is 2.20. The van der Waals surface area contributed by atoms with Crippen molar-refractivity contribution in [2.75, 3.05) is 7.11 Å². The standard InChI is InChI=1S/C8H9N3O4/c1-15-5-3-2-4(7(9)11-14)10-6(5)8(12)13/h2-3,14H,1H3,(H2,9,11)(H,12,13). The molecule has 1 aromatic heterocycles. The highest BCUT2D eigenvalue weighted by molar-refractivity contribution is 5.96. The van der Waals surface area contributed by atoms with Crippen LogP contribution in [0.3, 0.4) is 0 Å². The summed E-state index contributed by atoms with van der Waals surface area (Å²) in [4.78, 5) is 14.4. The van der Waals surface area contributed by atoms with Crippen LogP contribution in [0, 0.1) is 5.41 Å². The fraction of sp³-hybridized carbons (Fsp3) is 0.125. The zero-order valence-electron chi connectivity index (χ0n) is 7.81. The van der Waals surface area contributed by atoms with Crippen molar-refractivity contribution in [1.82, 2.24) is 10.5 Å². The number of nitrogens with one attached hydrogen (secondary N) is 2. The second kappa shape index (κ2) is 4.38. The largest absolute Gasteiger partial charge is 0.494 e. The lowest BCUT2D eigenvalue weighted by atomic mass is 10.2. The molecular weight excluding hydrogens is 202 g/mol. The minimum atomic E-state index is -1.26. The van der Waals surface area contributed by atoms with Gasteiger partial charge in [0.2, 0.25) is 0 Å². The maximum atomic E-state index is 10.7. The van der Waals surface area contributed by atoms with E-state index in [0.717, 1.165) is 0 Å². The van der Waals surface area contributed by atoms with E-state index in [1.54, 1.807) is 5.48 Å². The Kier molecular flexibility index (Phi) is 3.19. The van der Waals surface area contributed by atoms with Gasteiger partial charge in [0.15, 0.2) is 17.3 Å². The molecule has 0 saturated carbocycles. The molecule has 0 aromatic carbocycles. The zero-order chi connectivity index (χ0) is 11.4. The summed E-state index contributed by atoms with van der Waals surface area (Å²) >= 11 is 0. The van der Waals surface area contributed by atoms with Gasteiger partial charge in [-0.3, -0.25) is 16.1 Å². The molecule has 1 aromatic rings. The number of rotatable bonds is 3. The van der Waals surface area contributed by atoms with Crippen molar-refractivity contribution in [3.63, 3.8) is 0 Å². The van der Waals surface area contributed by atoms with Crippen molar-refractivity contribution >= 4 is 11.8 Å². The van der Waals surface area contributed by atoms with Crippen LogP contribution in [0.15, 0.2) is 12.1 Å². The summed E-state index contributed by atoms with van der Waals surface area (Å²) in [6.07, 6.45) is 0. The molecule has 0 unspecified atom stereocenters. The summed E-state index contributed by atoms with van der Waals surface area (Å²) < 4.78 is 4.78. The van der Waals surface area contributed by atoms with Crippen LogP contribution < -0.4 is 10.2 Å². The molecular formula is C8H9N3O4. The second-order valence-electron chi connectivity index (χ2n) is 2.54. The van der Waals surface area contributed by atoms with Gasteiger partial charge in [-0.1, -0.05) is 0 Å². The van der Waals surface area contributed by atoms with Gasteiger partial charge >= 0.3 is 5.97 Å². The van der Waals surface area contributed by atoms with Crippen LogP contribution in [0.2, 0.25) is 0 Å². The van der Waals surface area contributed by atoms with E-state index in [-0.39, 0.29) is 23.0 Å². The average molecular weight is 211 g/mol. The lowest BCUT2D eigenvalue weighted by Gasteiger charge is -2.06. The molecule has 0 bridgehead atoms. The molecule has 0 amide bonds. The molecule has 7 nitrogen and oxygen atoms in total. The quantitative estimate of drug-likeness (QED) is 0.320. The number of aromatic nitrogens is 1. The molecule has 0 radical (unpaired) electrons. The zero-order valence-corrected chi connectivity index (χ0v) is 7.81. The monoisotopic (exact) mass is 211 g/mol. The smallest absolute Gasteiger partial charge is 0.358 e. The number of hydrogen-bond donors (Lipinski definition) is 4. The SMILES string of the molecule is COc1ccc(C(=N)NO)nc1C(=O)O. The molecule has 4 N–H and O–H groups in total. The normalized spacial score (nSPS) is 9.47. The van der Waals surface area contributed by atoms with Crippen LogP contribution in [-0.4, -0.2) is 34.2 Å². The van der Waals surface area contributed by atoms with E-state index in [9.17, 15) is 4.79 Å². The van der Waals surface area contributed by atoms with Gasteiger partial charge in [-0.25, -0.2) is 9.78 Å². The number of nitrogens with zero attached hydrogens (tertiary/aromatic N) is 1. The van der Waals surface area contributed by atoms with Crippen LogP contribution in [0.4, 0.5) is 0 Å². The molecule has 0 saturated heterocycles. The Morgan fingerprint density at radius 2 is 2.27 bits per heavy atom. The van der Waals surface area contributed by atoms with E-state index in [0.29, 0.717) is 0 Å². The van der Waals surface area contributed by atoms with Gasteiger partial charge in [0.1, 0.15) is 5.69 Å². The number of carbonyl (C=O) groups is 1. The van der Waals surface area contributed by atoms with Crippen LogP contribution >= 0.6 is 0 Å². The van der Waals surface area contributed by atoms with Crippen molar-refractivity contribution in [2.45, 2.75) is 0 Å². The fourth-order valence-corrected chi connectivity index (χ4v) is 0.961. The summed E-state index contributed by atoms with van der Waals surface area (Å²) in [6, 6.07) is 2.72. The molecule has 1 rings (SSSR count). The van der Waals surface area contributed by atoms with E-state index >= 15 is 0 Å². The summed E-state index contributed by atoms with van der Waals surface area (Å²) in [7, 11) is 1.32. The number of carboxylic acid groups (broad SMARTS) is 1. The molecule has 0 aliphatic carbocycles. The van der Waals surface area contributed by atoms with Crippen molar-refractivity contribution < 1.29 is 19.8 Å². The Balaban J connectivity index is 3.22. The van der Waals surface area contributed by atoms with E-state index < -0.39 is 5.97 Å². The number of amidine groups is 1. The highest BCUT2D eigenvalue weighted by Crippen LogP contribution is 2.16. The number of hydrogen-bond acceptors (Lipinski definition) is 5. The van der Waals surface area contributed by atoms with Crippen molar-refractivity contribution in [3.05, 3.63) is 23.5 Å². The van der Waals surface area contributed by atoms with Gasteiger partial charge in [0.25, 0.3) is 0 Å². The number of methoxy groups -OCH3 is 1. The van der Waals surface area contributed by atoms with Gasteiger partial charge in [-0.05, 0) is 12.1 Å². The Labute approximate surface area is 84.8 Å². The van der Waals surface area contributed by atoms with Crippen LogP contribution in [0.5, 0.6) is 5.75 Å². The van der Waals surface area contributed by atoms with Crippen molar-refractivity contribution in [1.29, 1.82) is 5.41 Å². The maximum absolute atomic E-state index is 10.7.